The van der Waals surface area contributed by atoms with Crippen molar-refractivity contribution >= 4 is 35.7 Å². The van der Waals surface area contributed by atoms with Crippen LogP contribution in [0.2, 0.25) is 0 Å². The Morgan fingerprint density at radius 3 is 1.29 bits per heavy atom. The molecule has 0 saturated heterocycles. The first-order valence-corrected chi connectivity index (χ1v) is 20.5. The molecule has 5 N–H and O–H groups in total. The van der Waals surface area contributed by atoms with Crippen LogP contribution < -0.4 is 20.1 Å². The first-order chi connectivity index (χ1) is 29.6. The number of rotatable bonds is 23. The van der Waals surface area contributed by atoms with Gasteiger partial charge >= 0.3 is 23.9 Å². The van der Waals surface area contributed by atoms with Crippen molar-refractivity contribution in [3.8, 4) is 33.8 Å². The van der Waals surface area contributed by atoms with Crippen molar-refractivity contribution in [3.63, 3.8) is 0 Å². The molecule has 2 amide bonds. The fraction of sp³-hybridized carbons (Fsp3) is 0.375. The number of nitrogens with one attached hydrogen (secondary N) is 2. The van der Waals surface area contributed by atoms with Gasteiger partial charge in [0.15, 0.2) is 0 Å². The molecular formula is C48H58N2O12. The van der Waals surface area contributed by atoms with Crippen LogP contribution in [0.5, 0.6) is 11.5 Å². The van der Waals surface area contributed by atoms with Gasteiger partial charge in [0.2, 0.25) is 11.8 Å². The maximum Gasteiger partial charge on any atom is 0.308 e. The van der Waals surface area contributed by atoms with Crippen LogP contribution in [0, 0.1) is 11.8 Å². The van der Waals surface area contributed by atoms with Crippen LogP contribution in [0.15, 0.2) is 97.1 Å². The van der Waals surface area contributed by atoms with Crippen molar-refractivity contribution in [1.29, 1.82) is 0 Å². The Balaban J connectivity index is 0.000000331. The van der Waals surface area contributed by atoms with Gasteiger partial charge in [-0.2, -0.15) is 0 Å². The number of carbonyl (C=O) groups is 6. The summed E-state index contributed by atoms with van der Waals surface area (Å²) in [5, 5.41) is 32.4. The zero-order chi connectivity index (χ0) is 45.6. The van der Waals surface area contributed by atoms with E-state index in [2.05, 4.69) is 10.6 Å². The van der Waals surface area contributed by atoms with Crippen LogP contribution in [-0.2, 0) is 46.3 Å². The minimum absolute atomic E-state index is 0.105. The fourth-order valence-electron chi connectivity index (χ4n) is 6.74. The van der Waals surface area contributed by atoms with Gasteiger partial charge in [0.05, 0.1) is 45.5 Å². The normalized spacial score (nSPS) is 12.5. The van der Waals surface area contributed by atoms with Crippen molar-refractivity contribution in [2.75, 3.05) is 20.8 Å². The van der Waals surface area contributed by atoms with Gasteiger partial charge in [0.25, 0.3) is 0 Å². The summed E-state index contributed by atoms with van der Waals surface area (Å²) in [4.78, 5) is 69.1. The maximum atomic E-state index is 12.2. The summed E-state index contributed by atoms with van der Waals surface area (Å²) in [6, 6.07) is 30.4. The van der Waals surface area contributed by atoms with E-state index in [1.807, 2.05) is 97.1 Å². The largest absolute Gasteiger partial charge is 0.496 e. The molecule has 2 unspecified atom stereocenters. The second-order valence-electron chi connectivity index (χ2n) is 14.9. The fourth-order valence-corrected chi connectivity index (χ4v) is 6.74. The molecule has 0 spiro atoms. The van der Waals surface area contributed by atoms with E-state index in [0.29, 0.717) is 25.9 Å². The molecule has 0 aliphatic heterocycles. The monoisotopic (exact) mass is 854 g/mol. The number of methoxy groups -OCH3 is 2. The highest BCUT2D eigenvalue weighted by Crippen LogP contribution is 2.31. The quantitative estimate of drug-likeness (QED) is 0.0468. The number of hydrogen-bond donors (Lipinski definition) is 5. The highest BCUT2D eigenvalue weighted by molar-refractivity contribution is 5.82. The van der Waals surface area contributed by atoms with Gasteiger partial charge in [0.1, 0.15) is 11.5 Å². The first kappa shape index (κ1) is 49.7. The summed E-state index contributed by atoms with van der Waals surface area (Å²) in [6.07, 6.45) is 0.859. The lowest BCUT2D eigenvalue weighted by atomic mass is 9.94. The molecule has 14 nitrogen and oxygen atoms in total. The number of amides is 2. The molecule has 4 aromatic rings. The molecule has 0 bridgehead atoms. The number of para-hydroxylation sites is 2. The zero-order valence-corrected chi connectivity index (χ0v) is 35.9. The number of ether oxygens (including phenoxy) is 3. The second kappa shape index (κ2) is 25.8. The van der Waals surface area contributed by atoms with E-state index in [-0.39, 0.29) is 50.0 Å². The second-order valence-corrected chi connectivity index (χ2v) is 14.9. The highest BCUT2D eigenvalue weighted by Gasteiger charge is 2.23. The average Bonchev–Trinajstić information content (AvgIpc) is 3.25. The number of carboxylic acid groups (broad SMARTS) is 3. The number of benzene rings is 4. The average molecular weight is 855 g/mol. The predicted molar refractivity (Wildman–Crippen MR) is 234 cm³/mol. The van der Waals surface area contributed by atoms with Crippen molar-refractivity contribution in [2.24, 2.45) is 11.8 Å². The van der Waals surface area contributed by atoms with Gasteiger partial charge in [-0.05, 0) is 67.0 Å². The van der Waals surface area contributed by atoms with Crippen LogP contribution >= 0.6 is 0 Å². The SMILES string of the molecule is CCOC(=O)C(C)C[C@@H](Cc1ccc(-c2ccccc2OC)cc1)NC(=O)CCC(=O)O.COc1ccccc1-c1ccc(C[C@H](CC(C)C(=O)O)NC(=O)CCC(=O)O)cc1. The molecule has 0 fully saturated rings. The molecule has 0 heterocycles. The van der Waals surface area contributed by atoms with Crippen LogP contribution in [0.25, 0.3) is 22.3 Å². The lowest BCUT2D eigenvalue weighted by molar-refractivity contribution is -0.148. The molecule has 0 radical (unpaired) electrons. The molecule has 4 rings (SSSR count). The minimum Gasteiger partial charge on any atom is -0.496 e. The van der Waals surface area contributed by atoms with E-state index < -0.39 is 41.7 Å². The molecule has 4 aromatic carbocycles. The van der Waals surface area contributed by atoms with E-state index >= 15 is 0 Å². The van der Waals surface area contributed by atoms with Gasteiger partial charge in [-0.25, -0.2) is 0 Å². The number of esters is 1. The van der Waals surface area contributed by atoms with Gasteiger partial charge in [-0.1, -0.05) is 98.8 Å². The Morgan fingerprint density at radius 2 is 0.935 bits per heavy atom. The van der Waals surface area contributed by atoms with Gasteiger partial charge < -0.3 is 40.2 Å². The summed E-state index contributed by atoms with van der Waals surface area (Å²) in [5.74, 6) is -3.55. The van der Waals surface area contributed by atoms with E-state index in [9.17, 15) is 33.9 Å². The summed E-state index contributed by atoms with van der Waals surface area (Å²) in [7, 11) is 3.25. The van der Waals surface area contributed by atoms with Gasteiger partial charge in [-0.15, -0.1) is 0 Å². The third-order valence-electron chi connectivity index (χ3n) is 9.96. The Hall–Kier alpha value is -6.70. The first-order valence-electron chi connectivity index (χ1n) is 20.5. The van der Waals surface area contributed by atoms with E-state index in [0.717, 1.165) is 44.9 Å². The van der Waals surface area contributed by atoms with E-state index in [4.69, 9.17) is 24.4 Å². The van der Waals surface area contributed by atoms with Crippen molar-refractivity contribution in [2.45, 2.75) is 84.2 Å². The summed E-state index contributed by atoms with van der Waals surface area (Å²) in [5.41, 5.74) is 5.86. The third-order valence-corrected chi connectivity index (χ3v) is 9.96. The molecule has 14 heteroatoms. The molecular weight excluding hydrogens is 797 g/mol. The Kier molecular flexibility index (Phi) is 20.7. The Morgan fingerprint density at radius 1 is 0.548 bits per heavy atom. The molecule has 0 saturated carbocycles. The number of hydrogen-bond acceptors (Lipinski definition) is 9. The Labute approximate surface area is 362 Å². The zero-order valence-electron chi connectivity index (χ0n) is 35.9. The van der Waals surface area contributed by atoms with Crippen LogP contribution in [-0.4, -0.2) is 83.9 Å². The number of carboxylic acids is 3. The van der Waals surface area contributed by atoms with E-state index in [1.165, 1.54) is 0 Å². The number of carbonyl (C=O) groups excluding carboxylic acids is 3. The minimum atomic E-state index is -1.05. The maximum absolute atomic E-state index is 12.2. The topological polar surface area (TPSA) is 215 Å². The van der Waals surface area contributed by atoms with Crippen LogP contribution in [0.1, 0.15) is 70.4 Å². The van der Waals surface area contributed by atoms with Crippen molar-refractivity contribution in [3.05, 3.63) is 108 Å². The number of aliphatic carboxylic acids is 3. The standard InChI is InChI=1S/C25H31NO6.C23H27NO6/c1-4-32-25(30)17(2)15-20(26-23(27)13-14-24(28)29)16-18-9-11-19(12-10-18)21-7-5-6-8-22(21)31-3;1-15(23(28)29)13-18(24-21(25)11-12-22(26)27)14-16-7-9-17(10-8-16)19-5-3-4-6-20(19)30-2/h5-12,17,20H,4,13-16H2,1-3H3,(H,26,27)(H,28,29);3-10,15,18H,11-14H2,1-2H3,(H,24,25)(H,26,27)(H,28,29)/t17?,20-;15?,18-/m00/s1. The lowest BCUT2D eigenvalue weighted by Crippen LogP contribution is -2.39. The van der Waals surface area contributed by atoms with Crippen molar-refractivity contribution in [1.82, 2.24) is 10.6 Å². The van der Waals surface area contributed by atoms with Crippen LogP contribution in [0.4, 0.5) is 0 Å². The molecule has 62 heavy (non-hydrogen) atoms. The molecule has 332 valence electrons. The smallest absolute Gasteiger partial charge is 0.308 e. The van der Waals surface area contributed by atoms with Crippen LogP contribution in [0.3, 0.4) is 0 Å². The molecule has 0 aliphatic carbocycles. The molecule has 0 aromatic heterocycles. The van der Waals surface area contributed by atoms with Gasteiger partial charge in [-0.3, -0.25) is 28.8 Å². The predicted octanol–water partition coefficient (Wildman–Crippen LogP) is 7.21. The summed E-state index contributed by atoms with van der Waals surface area (Å²) >= 11 is 0. The highest BCUT2D eigenvalue weighted by atomic mass is 16.5. The Bertz CT molecular complexity index is 2080. The lowest BCUT2D eigenvalue weighted by Gasteiger charge is -2.22. The summed E-state index contributed by atoms with van der Waals surface area (Å²) in [6.45, 7) is 5.39. The van der Waals surface area contributed by atoms with Gasteiger partial charge in [0, 0.05) is 36.1 Å². The molecule has 0 aliphatic rings. The van der Waals surface area contributed by atoms with Crippen molar-refractivity contribution < 1.29 is 58.3 Å². The molecule has 4 atom stereocenters. The summed E-state index contributed by atoms with van der Waals surface area (Å²) < 4.78 is 15.9. The van der Waals surface area contributed by atoms with E-state index in [1.54, 1.807) is 35.0 Å². The third kappa shape index (κ3) is 17.1.